The standard InChI is InChI=1S/C9H7BrFNO4/c1-16-9(13)6-3-7(11)5(4-10)2-8(6)12(14)15/h2-3H,4H2,1H3. The SMILES string of the molecule is COC(=O)c1cc(F)c(CBr)cc1[N+](=O)[O-]. The van der Waals surface area contributed by atoms with Crippen LogP contribution in [0.4, 0.5) is 10.1 Å². The number of carbonyl (C=O) groups is 1. The zero-order valence-electron chi connectivity index (χ0n) is 8.20. The number of nitrogens with zero attached hydrogens (tertiary/aromatic N) is 1. The zero-order chi connectivity index (χ0) is 12.3. The molecule has 0 spiro atoms. The molecule has 0 aromatic heterocycles. The molecule has 0 aliphatic rings. The molecule has 0 heterocycles. The summed E-state index contributed by atoms with van der Waals surface area (Å²) < 4.78 is 17.7. The second-order valence-corrected chi connectivity index (χ2v) is 3.40. The third kappa shape index (κ3) is 2.35. The maximum Gasteiger partial charge on any atom is 0.344 e. The lowest BCUT2D eigenvalue weighted by Gasteiger charge is -2.04. The lowest BCUT2D eigenvalue weighted by atomic mass is 10.1. The van der Waals surface area contributed by atoms with E-state index >= 15 is 0 Å². The number of nitro groups is 1. The molecule has 0 bridgehead atoms. The summed E-state index contributed by atoms with van der Waals surface area (Å²) in [5.74, 6) is -1.63. The molecule has 0 saturated heterocycles. The molecule has 0 aliphatic carbocycles. The van der Waals surface area contributed by atoms with Crippen LogP contribution >= 0.6 is 15.9 Å². The molecule has 86 valence electrons. The Balaban J connectivity index is 3.42. The van der Waals surface area contributed by atoms with Crippen molar-refractivity contribution in [3.63, 3.8) is 0 Å². The molecule has 0 N–H and O–H groups in total. The van der Waals surface area contributed by atoms with E-state index in [1.54, 1.807) is 0 Å². The Labute approximate surface area is 98.5 Å². The second kappa shape index (κ2) is 5.02. The van der Waals surface area contributed by atoms with Gasteiger partial charge in [0.1, 0.15) is 11.4 Å². The van der Waals surface area contributed by atoms with Crippen molar-refractivity contribution in [3.8, 4) is 0 Å². The Morgan fingerprint density at radius 2 is 2.25 bits per heavy atom. The molecule has 1 aromatic carbocycles. The van der Waals surface area contributed by atoms with E-state index in [1.165, 1.54) is 0 Å². The van der Waals surface area contributed by atoms with Crippen LogP contribution < -0.4 is 0 Å². The van der Waals surface area contributed by atoms with Gasteiger partial charge in [-0.1, -0.05) is 15.9 Å². The third-order valence-electron chi connectivity index (χ3n) is 1.91. The highest BCUT2D eigenvalue weighted by Crippen LogP contribution is 2.25. The Kier molecular flexibility index (Phi) is 3.94. The zero-order valence-corrected chi connectivity index (χ0v) is 9.78. The minimum absolute atomic E-state index is 0.111. The molecular formula is C9H7BrFNO4. The van der Waals surface area contributed by atoms with Gasteiger partial charge < -0.3 is 4.74 Å². The maximum atomic E-state index is 13.3. The first-order chi connectivity index (χ1) is 7.51. The summed E-state index contributed by atoms with van der Waals surface area (Å²) in [7, 11) is 1.07. The summed E-state index contributed by atoms with van der Waals surface area (Å²) in [6.45, 7) is 0. The fraction of sp³-hybridized carbons (Fsp3) is 0.222. The lowest BCUT2D eigenvalue weighted by molar-refractivity contribution is -0.385. The number of hydrogen-bond donors (Lipinski definition) is 0. The summed E-state index contributed by atoms with van der Waals surface area (Å²) >= 11 is 2.99. The fourth-order valence-electron chi connectivity index (χ4n) is 1.13. The van der Waals surface area contributed by atoms with E-state index in [1.807, 2.05) is 0 Å². The van der Waals surface area contributed by atoms with Gasteiger partial charge in [0.25, 0.3) is 5.69 Å². The molecule has 5 nitrogen and oxygen atoms in total. The number of benzene rings is 1. The molecule has 16 heavy (non-hydrogen) atoms. The Morgan fingerprint density at radius 3 is 2.69 bits per heavy atom. The van der Waals surface area contributed by atoms with E-state index in [9.17, 15) is 19.3 Å². The van der Waals surface area contributed by atoms with Crippen molar-refractivity contribution in [2.45, 2.75) is 5.33 Å². The minimum atomic E-state index is -0.938. The van der Waals surface area contributed by atoms with Gasteiger partial charge in [0.15, 0.2) is 0 Å². The molecular weight excluding hydrogens is 285 g/mol. The molecule has 1 aromatic rings. The molecule has 0 amide bonds. The number of carbonyl (C=O) groups excluding carboxylic acids is 1. The van der Waals surface area contributed by atoms with E-state index < -0.39 is 28.0 Å². The summed E-state index contributed by atoms with van der Waals surface area (Å²) in [6.07, 6.45) is 0. The van der Waals surface area contributed by atoms with E-state index in [4.69, 9.17) is 0 Å². The monoisotopic (exact) mass is 291 g/mol. The molecule has 1 rings (SSSR count). The second-order valence-electron chi connectivity index (χ2n) is 2.84. The largest absolute Gasteiger partial charge is 0.465 e. The van der Waals surface area contributed by atoms with Crippen molar-refractivity contribution >= 4 is 27.6 Å². The van der Waals surface area contributed by atoms with Gasteiger partial charge in [-0.15, -0.1) is 0 Å². The summed E-state index contributed by atoms with van der Waals surface area (Å²) in [4.78, 5) is 21.1. The van der Waals surface area contributed by atoms with Gasteiger partial charge in [-0.3, -0.25) is 10.1 Å². The quantitative estimate of drug-likeness (QED) is 0.371. The first-order valence-electron chi connectivity index (χ1n) is 4.12. The van der Waals surface area contributed by atoms with E-state index in [-0.39, 0.29) is 10.9 Å². The molecule has 7 heteroatoms. The highest BCUT2D eigenvalue weighted by Gasteiger charge is 2.23. The van der Waals surface area contributed by atoms with Gasteiger partial charge in [-0.2, -0.15) is 0 Å². The first kappa shape index (κ1) is 12.6. The number of hydrogen-bond acceptors (Lipinski definition) is 4. The van der Waals surface area contributed by atoms with Crippen LogP contribution in [0.3, 0.4) is 0 Å². The van der Waals surface area contributed by atoms with E-state index in [2.05, 4.69) is 20.7 Å². The molecule has 0 saturated carbocycles. The van der Waals surface area contributed by atoms with Crippen molar-refractivity contribution in [1.82, 2.24) is 0 Å². The topological polar surface area (TPSA) is 69.4 Å². The smallest absolute Gasteiger partial charge is 0.344 e. The molecule has 0 radical (unpaired) electrons. The maximum absolute atomic E-state index is 13.3. The normalized spacial score (nSPS) is 9.94. The van der Waals surface area contributed by atoms with Crippen LogP contribution in [0.1, 0.15) is 15.9 Å². The van der Waals surface area contributed by atoms with Crippen LogP contribution in [-0.4, -0.2) is 18.0 Å². The van der Waals surface area contributed by atoms with Gasteiger partial charge in [-0.25, -0.2) is 9.18 Å². The number of rotatable bonds is 3. The lowest BCUT2D eigenvalue weighted by Crippen LogP contribution is -2.07. The number of ether oxygens (including phenoxy) is 1. The summed E-state index contributed by atoms with van der Waals surface area (Å²) in [6, 6.07) is 1.82. The van der Waals surface area contributed by atoms with Crippen molar-refractivity contribution in [2.24, 2.45) is 0 Å². The number of esters is 1. The highest BCUT2D eigenvalue weighted by atomic mass is 79.9. The summed E-state index contributed by atoms with van der Waals surface area (Å²) in [5.41, 5.74) is -0.753. The molecule has 0 aliphatic heterocycles. The minimum Gasteiger partial charge on any atom is -0.465 e. The van der Waals surface area contributed by atoms with Gasteiger partial charge in [0.2, 0.25) is 0 Å². The number of alkyl halides is 1. The average Bonchev–Trinajstić information content (AvgIpc) is 2.27. The van der Waals surface area contributed by atoms with Crippen molar-refractivity contribution in [3.05, 3.63) is 39.2 Å². The Morgan fingerprint density at radius 1 is 1.62 bits per heavy atom. The number of halogens is 2. The van der Waals surface area contributed by atoms with Crippen LogP contribution in [0.5, 0.6) is 0 Å². The van der Waals surface area contributed by atoms with Crippen LogP contribution in [0.25, 0.3) is 0 Å². The van der Waals surface area contributed by atoms with E-state index in [0.717, 1.165) is 19.2 Å². The van der Waals surface area contributed by atoms with Gasteiger partial charge in [0, 0.05) is 17.0 Å². The third-order valence-corrected chi connectivity index (χ3v) is 2.51. The number of methoxy groups -OCH3 is 1. The highest BCUT2D eigenvalue weighted by molar-refractivity contribution is 9.08. The first-order valence-corrected chi connectivity index (χ1v) is 5.24. The predicted molar refractivity (Wildman–Crippen MR) is 57.0 cm³/mol. The van der Waals surface area contributed by atoms with Gasteiger partial charge in [0.05, 0.1) is 12.0 Å². The van der Waals surface area contributed by atoms with Crippen LogP contribution in [0.15, 0.2) is 12.1 Å². The number of nitro benzene ring substituents is 1. The van der Waals surface area contributed by atoms with Crippen LogP contribution in [0, 0.1) is 15.9 Å². The van der Waals surface area contributed by atoms with Crippen molar-refractivity contribution in [1.29, 1.82) is 0 Å². The summed E-state index contributed by atoms with van der Waals surface area (Å²) in [5, 5.41) is 10.8. The Hall–Kier alpha value is -1.50. The fourth-order valence-corrected chi connectivity index (χ4v) is 1.56. The van der Waals surface area contributed by atoms with E-state index in [0.29, 0.717) is 0 Å². The van der Waals surface area contributed by atoms with Crippen molar-refractivity contribution in [2.75, 3.05) is 7.11 Å². The van der Waals surface area contributed by atoms with Crippen LogP contribution in [0.2, 0.25) is 0 Å². The van der Waals surface area contributed by atoms with Gasteiger partial charge in [-0.05, 0) is 6.07 Å². The Bertz CT molecular complexity index is 449. The van der Waals surface area contributed by atoms with Gasteiger partial charge >= 0.3 is 5.97 Å². The molecule has 0 atom stereocenters. The average molecular weight is 292 g/mol. The van der Waals surface area contributed by atoms with Crippen LogP contribution in [-0.2, 0) is 10.1 Å². The molecule has 0 unspecified atom stereocenters. The van der Waals surface area contributed by atoms with Crippen molar-refractivity contribution < 1.29 is 18.8 Å². The molecule has 0 fully saturated rings. The predicted octanol–water partition coefficient (Wildman–Crippen LogP) is 2.42.